The highest BCUT2D eigenvalue weighted by molar-refractivity contribution is 7.12. The predicted molar refractivity (Wildman–Crippen MR) is 70.4 cm³/mol. The second-order valence-corrected chi connectivity index (χ2v) is 5.11. The Hall–Kier alpha value is -1.28. The number of hydrogen-bond donors (Lipinski definition) is 0. The summed E-state index contributed by atoms with van der Waals surface area (Å²) in [6.45, 7) is 4.38. The molecule has 0 saturated carbocycles. The largest absolute Gasteiger partial charge is 0.497 e. The summed E-state index contributed by atoms with van der Waals surface area (Å²) in [6.07, 6.45) is 1.11. The highest BCUT2D eigenvalue weighted by Crippen LogP contribution is 2.32. The van der Waals surface area contributed by atoms with Crippen molar-refractivity contribution in [2.75, 3.05) is 7.11 Å². The van der Waals surface area contributed by atoms with Crippen LogP contribution >= 0.6 is 11.3 Å². The smallest absolute Gasteiger partial charge is 0.118 e. The summed E-state index contributed by atoms with van der Waals surface area (Å²) in [5, 5.41) is 0. The third-order valence-corrected chi connectivity index (χ3v) is 3.91. The summed E-state index contributed by atoms with van der Waals surface area (Å²) in [4.78, 5) is 2.84. The number of benzene rings is 1. The zero-order chi connectivity index (χ0) is 11.5. The lowest BCUT2D eigenvalue weighted by atomic mass is 10.1. The minimum absolute atomic E-state index is 0.910. The van der Waals surface area contributed by atoms with Gasteiger partial charge in [-0.2, -0.15) is 0 Å². The Morgan fingerprint density at radius 2 is 1.88 bits per heavy atom. The molecule has 0 radical (unpaired) electrons. The molecule has 2 heteroatoms. The second kappa shape index (κ2) is 4.71. The average Bonchev–Trinajstić information content (AvgIpc) is 2.71. The SMILES string of the molecule is CCc1cc(-c2ccc(OC)cc2)c(C)s1. The quantitative estimate of drug-likeness (QED) is 0.767. The van der Waals surface area contributed by atoms with Gasteiger partial charge in [-0.25, -0.2) is 0 Å². The number of ether oxygens (including phenoxy) is 1. The van der Waals surface area contributed by atoms with E-state index >= 15 is 0 Å². The normalized spacial score (nSPS) is 10.4. The van der Waals surface area contributed by atoms with E-state index in [1.54, 1.807) is 7.11 Å². The molecule has 0 aliphatic rings. The molecule has 1 heterocycles. The number of aryl methyl sites for hydroxylation is 2. The van der Waals surface area contributed by atoms with Crippen molar-refractivity contribution in [3.63, 3.8) is 0 Å². The Labute approximate surface area is 101 Å². The predicted octanol–water partition coefficient (Wildman–Crippen LogP) is 4.29. The molecule has 2 aromatic rings. The van der Waals surface area contributed by atoms with Gasteiger partial charge >= 0.3 is 0 Å². The molecule has 0 saturated heterocycles. The fraction of sp³-hybridized carbons (Fsp3) is 0.286. The summed E-state index contributed by atoms with van der Waals surface area (Å²) >= 11 is 1.89. The fourth-order valence-corrected chi connectivity index (χ4v) is 2.78. The van der Waals surface area contributed by atoms with E-state index in [-0.39, 0.29) is 0 Å². The van der Waals surface area contributed by atoms with Gasteiger partial charge < -0.3 is 4.74 Å². The third kappa shape index (κ3) is 2.12. The first-order valence-corrected chi connectivity index (χ1v) is 6.30. The van der Waals surface area contributed by atoms with E-state index in [9.17, 15) is 0 Å². The maximum absolute atomic E-state index is 5.16. The first-order chi connectivity index (χ1) is 7.74. The second-order valence-electron chi connectivity index (χ2n) is 3.76. The molecule has 0 N–H and O–H groups in total. The molecule has 0 amide bonds. The van der Waals surface area contributed by atoms with E-state index in [2.05, 4.69) is 32.0 Å². The standard InChI is InChI=1S/C14H16OS/c1-4-13-9-14(10(2)16-13)11-5-7-12(15-3)8-6-11/h5-9H,4H2,1-3H3. The highest BCUT2D eigenvalue weighted by Gasteiger charge is 2.06. The average molecular weight is 232 g/mol. The summed E-state index contributed by atoms with van der Waals surface area (Å²) in [5.74, 6) is 0.910. The minimum atomic E-state index is 0.910. The Bertz CT molecular complexity index is 468. The lowest BCUT2D eigenvalue weighted by molar-refractivity contribution is 0.415. The first kappa shape index (κ1) is 11.2. The van der Waals surface area contributed by atoms with E-state index in [1.165, 1.54) is 20.9 Å². The molecular formula is C14H16OS. The van der Waals surface area contributed by atoms with Gasteiger partial charge in [0, 0.05) is 9.75 Å². The highest BCUT2D eigenvalue weighted by atomic mass is 32.1. The number of thiophene rings is 1. The van der Waals surface area contributed by atoms with Crippen LogP contribution in [0.15, 0.2) is 30.3 Å². The van der Waals surface area contributed by atoms with Gasteiger partial charge in [0.05, 0.1) is 7.11 Å². The van der Waals surface area contributed by atoms with Gasteiger partial charge in [-0.3, -0.25) is 0 Å². The maximum atomic E-state index is 5.16. The van der Waals surface area contributed by atoms with Gasteiger partial charge in [-0.1, -0.05) is 19.1 Å². The van der Waals surface area contributed by atoms with Crippen LogP contribution in [0.25, 0.3) is 11.1 Å². The van der Waals surface area contributed by atoms with Crippen molar-refractivity contribution in [2.45, 2.75) is 20.3 Å². The van der Waals surface area contributed by atoms with Gasteiger partial charge in [0.25, 0.3) is 0 Å². The zero-order valence-electron chi connectivity index (χ0n) is 9.91. The summed E-state index contributed by atoms with van der Waals surface area (Å²) < 4.78 is 5.16. The molecule has 1 nitrogen and oxygen atoms in total. The van der Waals surface area contributed by atoms with Crippen molar-refractivity contribution >= 4 is 11.3 Å². The van der Waals surface area contributed by atoms with Crippen LogP contribution in [0, 0.1) is 6.92 Å². The van der Waals surface area contributed by atoms with E-state index in [1.807, 2.05) is 23.5 Å². The topological polar surface area (TPSA) is 9.23 Å². The van der Waals surface area contributed by atoms with Crippen LogP contribution < -0.4 is 4.74 Å². The molecule has 0 unspecified atom stereocenters. The van der Waals surface area contributed by atoms with Crippen molar-refractivity contribution in [1.29, 1.82) is 0 Å². The molecule has 0 spiro atoms. The number of methoxy groups -OCH3 is 1. The van der Waals surface area contributed by atoms with E-state index < -0.39 is 0 Å². The molecular weight excluding hydrogens is 216 g/mol. The van der Waals surface area contributed by atoms with Gasteiger partial charge in [0.15, 0.2) is 0 Å². The van der Waals surface area contributed by atoms with Crippen molar-refractivity contribution in [3.05, 3.63) is 40.1 Å². The molecule has 1 aromatic heterocycles. The fourth-order valence-electron chi connectivity index (χ4n) is 1.78. The Balaban J connectivity index is 2.38. The van der Waals surface area contributed by atoms with Crippen LogP contribution in [0.5, 0.6) is 5.75 Å². The molecule has 1 aromatic carbocycles. The van der Waals surface area contributed by atoms with Crippen LogP contribution in [0.4, 0.5) is 0 Å². The molecule has 0 atom stereocenters. The van der Waals surface area contributed by atoms with Crippen LogP contribution in [0.3, 0.4) is 0 Å². The van der Waals surface area contributed by atoms with Crippen LogP contribution in [-0.4, -0.2) is 7.11 Å². The molecule has 0 fully saturated rings. The third-order valence-electron chi connectivity index (χ3n) is 2.72. The van der Waals surface area contributed by atoms with Gasteiger partial charge in [0.2, 0.25) is 0 Å². The summed E-state index contributed by atoms with van der Waals surface area (Å²) in [7, 11) is 1.69. The number of hydrogen-bond acceptors (Lipinski definition) is 2. The van der Waals surface area contributed by atoms with Crippen molar-refractivity contribution in [2.24, 2.45) is 0 Å². The Morgan fingerprint density at radius 3 is 2.38 bits per heavy atom. The monoisotopic (exact) mass is 232 g/mol. The van der Waals surface area contributed by atoms with E-state index in [0.29, 0.717) is 0 Å². The molecule has 16 heavy (non-hydrogen) atoms. The summed E-state index contributed by atoms with van der Waals surface area (Å²) in [6, 6.07) is 10.6. The van der Waals surface area contributed by atoms with Crippen molar-refractivity contribution < 1.29 is 4.74 Å². The Morgan fingerprint density at radius 1 is 1.19 bits per heavy atom. The maximum Gasteiger partial charge on any atom is 0.118 e. The Kier molecular flexibility index (Phi) is 3.30. The lowest BCUT2D eigenvalue weighted by Crippen LogP contribution is -1.82. The zero-order valence-corrected chi connectivity index (χ0v) is 10.7. The summed E-state index contributed by atoms with van der Waals surface area (Å²) in [5.41, 5.74) is 2.62. The molecule has 0 aliphatic carbocycles. The van der Waals surface area contributed by atoms with Crippen molar-refractivity contribution in [3.8, 4) is 16.9 Å². The van der Waals surface area contributed by atoms with Crippen LogP contribution in [0.2, 0.25) is 0 Å². The van der Waals surface area contributed by atoms with Crippen LogP contribution in [-0.2, 0) is 6.42 Å². The molecule has 84 valence electrons. The number of rotatable bonds is 3. The minimum Gasteiger partial charge on any atom is -0.497 e. The lowest BCUT2D eigenvalue weighted by Gasteiger charge is -2.02. The molecule has 0 bridgehead atoms. The van der Waals surface area contributed by atoms with Gasteiger partial charge in [0.1, 0.15) is 5.75 Å². The van der Waals surface area contributed by atoms with E-state index in [4.69, 9.17) is 4.74 Å². The molecule has 2 rings (SSSR count). The van der Waals surface area contributed by atoms with Crippen molar-refractivity contribution in [1.82, 2.24) is 0 Å². The molecule has 0 aliphatic heterocycles. The van der Waals surface area contributed by atoms with Gasteiger partial charge in [-0.15, -0.1) is 11.3 Å². The first-order valence-electron chi connectivity index (χ1n) is 5.48. The van der Waals surface area contributed by atoms with E-state index in [0.717, 1.165) is 12.2 Å². The van der Waals surface area contributed by atoms with Crippen LogP contribution in [0.1, 0.15) is 16.7 Å². The van der Waals surface area contributed by atoms with Gasteiger partial charge in [-0.05, 0) is 42.7 Å².